The van der Waals surface area contributed by atoms with Crippen molar-refractivity contribution >= 4 is 39.1 Å². The molecule has 0 bridgehead atoms. The minimum atomic E-state index is -4.83. The zero-order valence-electron chi connectivity index (χ0n) is 13.2. The van der Waals surface area contributed by atoms with Crippen LogP contribution in [0.3, 0.4) is 0 Å². The number of hydrogen-bond donors (Lipinski definition) is 3. The van der Waals surface area contributed by atoms with Crippen molar-refractivity contribution in [3.63, 3.8) is 0 Å². The molecule has 1 amide bonds. The van der Waals surface area contributed by atoms with Crippen LogP contribution in [0.25, 0.3) is 0 Å². The third kappa shape index (κ3) is 4.02. The zero-order valence-corrected chi connectivity index (χ0v) is 14.0. The first kappa shape index (κ1) is 17.9. The highest BCUT2D eigenvalue weighted by molar-refractivity contribution is 7.92. The highest BCUT2D eigenvalue weighted by atomic mass is 32.2. The fourth-order valence-corrected chi connectivity index (χ4v) is 2.85. The summed E-state index contributed by atoms with van der Waals surface area (Å²) in [6, 6.07) is 4.83. The molecule has 0 saturated carbocycles. The van der Waals surface area contributed by atoms with Crippen LogP contribution in [0.15, 0.2) is 24.4 Å². The molecule has 138 valence electrons. The first-order valence-electron chi connectivity index (χ1n) is 7.13. The third-order valence-corrected chi connectivity index (χ3v) is 3.93. The van der Waals surface area contributed by atoms with Gasteiger partial charge < -0.3 is 10.6 Å². The Kier molecular flexibility index (Phi) is 4.22. The second-order valence-corrected chi connectivity index (χ2v) is 7.30. The Morgan fingerprint density at radius 2 is 2.00 bits per heavy atom. The SMILES string of the molecule is CS(=O)(=O)Nc1nc(Nc2ccc3c(c2)CC(=O)N3)ncc1C(F)(F)F. The normalized spacial score (nSPS) is 13.9. The van der Waals surface area contributed by atoms with E-state index in [0.717, 1.165) is 0 Å². The second kappa shape index (κ2) is 6.12. The summed E-state index contributed by atoms with van der Waals surface area (Å²) in [6.45, 7) is 0. The molecule has 1 aliphatic heterocycles. The van der Waals surface area contributed by atoms with Gasteiger partial charge in [-0.15, -0.1) is 0 Å². The highest BCUT2D eigenvalue weighted by Crippen LogP contribution is 2.34. The van der Waals surface area contributed by atoms with Gasteiger partial charge in [0, 0.05) is 17.6 Å². The van der Waals surface area contributed by atoms with Crippen molar-refractivity contribution in [2.24, 2.45) is 0 Å². The number of amides is 1. The molecule has 0 unspecified atom stereocenters. The van der Waals surface area contributed by atoms with Crippen LogP contribution < -0.4 is 15.4 Å². The Hall–Kier alpha value is -2.89. The maximum atomic E-state index is 13.0. The number of rotatable bonds is 4. The van der Waals surface area contributed by atoms with Crippen LogP contribution in [0.4, 0.5) is 36.3 Å². The summed E-state index contributed by atoms with van der Waals surface area (Å²) in [5, 5.41) is 5.34. The maximum Gasteiger partial charge on any atom is 0.421 e. The molecule has 0 atom stereocenters. The maximum absolute atomic E-state index is 13.0. The van der Waals surface area contributed by atoms with E-state index in [9.17, 15) is 26.4 Å². The van der Waals surface area contributed by atoms with Crippen LogP contribution in [0.1, 0.15) is 11.1 Å². The van der Waals surface area contributed by atoms with E-state index in [1.54, 1.807) is 22.9 Å². The van der Waals surface area contributed by atoms with Gasteiger partial charge in [0.2, 0.25) is 21.9 Å². The molecule has 0 saturated heterocycles. The van der Waals surface area contributed by atoms with E-state index >= 15 is 0 Å². The average Bonchev–Trinajstić information content (AvgIpc) is 2.83. The summed E-state index contributed by atoms with van der Waals surface area (Å²) < 4.78 is 63.3. The van der Waals surface area contributed by atoms with Gasteiger partial charge in [-0.05, 0) is 23.8 Å². The first-order valence-corrected chi connectivity index (χ1v) is 9.02. The molecular formula is C14H12F3N5O3S. The van der Waals surface area contributed by atoms with Gasteiger partial charge in [-0.2, -0.15) is 18.2 Å². The van der Waals surface area contributed by atoms with Crippen molar-refractivity contribution in [1.29, 1.82) is 0 Å². The van der Waals surface area contributed by atoms with Crippen molar-refractivity contribution in [2.75, 3.05) is 21.6 Å². The number of halogens is 3. The van der Waals surface area contributed by atoms with Crippen molar-refractivity contribution in [3.05, 3.63) is 35.5 Å². The molecule has 1 aliphatic rings. The standard InChI is InChI=1S/C14H12F3N5O3S/c1-26(24,25)22-12-9(14(15,16)17)6-18-13(21-12)19-8-2-3-10-7(4-8)5-11(23)20-10/h2-4,6H,5H2,1H3,(H,20,23)(H2,18,19,21,22). The molecule has 2 heterocycles. The molecule has 26 heavy (non-hydrogen) atoms. The van der Waals surface area contributed by atoms with Gasteiger partial charge in [0.1, 0.15) is 5.56 Å². The van der Waals surface area contributed by atoms with E-state index in [2.05, 4.69) is 20.6 Å². The lowest BCUT2D eigenvalue weighted by molar-refractivity contribution is -0.137. The van der Waals surface area contributed by atoms with Crippen LogP contribution in [0.5, 0.6) is 0 Å². The molecule has 1 aromatic carbocycles. The first-order chi connectivity index (χ1) is 12.0. The van der Waals surface area contributed by atoms with Gasteiger partial charge in [-0.1, -0.05) is 0 Å². The minimum Gasteiger partial charge on any atom is -0.326 e. The van der Waals surface area contributed by atoms with E-state index in [4.69, 9.17) is 0 Å². The fourth-order valence-electron chi connectivity index (χ4n) is 2.34. The third-order valence-electron chi connectivity index (χ3n) is 3.36. The lowest BCUT2D eigenvalue weighted by Crippen LogP contribution is -2.18. The Morgan fingerprint density at radius 1 is 1.27 bits per heavy atom. The fraction of sp³-hybridized carbons (Fsp3) is 0.214. The zero-order chi connectivity index (χ0) is 19.1. The molecule has 2 aromatic rings. The van der Waals surface area contributed by atoms with Crippen LogP contribution in [0.2, 0.25) is 0 Å². The number of carbonyl (C=O) groups is 1. The molecule has 3 N–H and O–H groups in total. The van der Waals surface area contributed by atoms with Gasteiger partial charge in [0.25, 0.3) is 0 Å². The highest BCUT2D eigenvalue weighted by Gasteiger charge is 2.36. The predicted octanol–water partition coefficient (Wildman–Crippen LogP) is 2.11. The number of nitrogens with zero attached hydrogens (tertiary/aromatic N) is 2. The summed E-state index contributed by atoms with van der Waals surface area (Å²) in [5.74, 6) is -1.28. The monoisotopic (exact) mass is 387 g/mol. The number of carbonyl (C=O) groups excluding carboxylic acids is 1. The summed E-state index contributed by atoms with van der Waals surface area (Å²) in [7, 11) is -3.98. The summed E-state index contributed by atoms with van der Waals surface area (Å²) in [4.78, 5) is 18.5. The number of fused-ring (bicyclic) bond motifs is 1. The van der Waals surface area contributed by atoms with Gasteiger partial charge in [-0.25, -0.2) is 13.4 Å². The Balaban J connectivity index is 1.93. The summed E-state index contributed by atoms with van der Waals surface area (Å²) >= 11 is 0. The van der Waals surface area contributed by atoms with E-state index in [1.807, 2.05) is 0 Å². The van der Waals surface area contributed by atoms with Crippen LogP contribution >= 0.6 is 0 Å². The Bertz CT molecular complexity index is 992. The average molecular weight is 387 g/mol. The molecule has 0 radical (unpaired) electrons. The van der Waals surface area contributed by atoms with Crippen molar-refractivity contribution in [1.82, 2.24) is 9.97 Å². The second-order valence-electron chi connectivity index (χ2n) is 5.55. The molecule has 12 heteroatoms. The van der Waals surface area contributed by atoms with E-state index < -0.39 is 27.6 Å². The number of sulfonamides is 1. The van der Waals surface area contributed by atoms with E-state index in [1.165, 1.54) is 0 Å². The molecule has 0 fully saturated rings. The van der Waals surface area contributed by atoms with E-state index in [-0.39, 0.29) is 18.3 Å². The molecule has 0 aliphatic carbocycles. The summed E-state index contributed by atoms with van der Waals surface area (Å²) in [5.41, 5.74) is 0.484. The summed E-state index contributed by atoms with van der Waals surface area (Å²) in [6.07, 6.45) is -3.45. The Morgan fingerprint density at radius 3 is 2.65 bits per heavy atom. The van der Waals surface area contributed by atoms with E-state index in [0.29, 0.717) is 29.4 Å². The number of alkyl halides is 3. The Labute approximate surface area is 145 Å². The number of hydrogen-bond acceptors (Lipinski definition) is 6. The topological polar surface area (TPSA) is 113 Å². The number of anilines is 4. The number of aromatic nitrogens is 2. The molecule has 3 rings (SSSR count). The lowest BCUT2D eigenvalue weighted by Gasteiger charge is -2.14. The van der Waals surface area contributed by atoms with Crippen molar-refractivity contribution in [3.8, 4) is 0 Å². The molecular weight excluding hydrogens is 375 g/mol. The van der Waals surface area contributed by atoms with Gasteiger partial charge >= 0.3 is 6.18 Å². The number of benzene rings is 1. The molecule has 8 nitrogen and oxygen atoms in total. The van der Waals surface area contributed by atoms with Gasteiger partial charge in [0.15, 0.2) is 5.82 Å². The minimum absolute atomic E-state index is 0.164. The lowest BCUT2D eigenvalue weighted by atomic mass is 10.1. The number of nitrogens with one attached hydrogen (secondary N) is 3. The van der Waals surface area contributed by atoms with Crippen LogP contribution in [-0.4, -0.2) is 30.5 Å². The quantitative estimate of drug-likeness (QED) is 0.741. The molecule has 0 spiro atoms. The predicted molar refractivity (Wildman–Crippen MR) is 87.6 cm³/mol. The smallest absolute Gasteiger partial charge is 0.326 e. The van der Waals surface area contributed by atoms with Crippen LogP contribution in [-0.2, 0) is 27.4 Å². The van der Waals surface area contributed by atoms with Crippen molar-refractivity contribution < 1.29 is 26.4 Å². The van der Waals surface area contributed by atoms with Gasteiger partial charge in [0.05, 0.1) is 12.7 Å². The van der Waals surface area contributed by atoms with Crippen molar-refractivity contribution in [2.45, 2.75) is 12.6 Å². The van der Waals surface area contributed by atoms with Gasteiger partial charge in [-0.3, -0.25) is 9.52 Å². The largest absolute Gasteiger partial charge is 0.421 e. The van der Waals surface area contributed by atoms with Crippen LogP contribution in [0, 0.1) is 0 Å². The molecule has 1 aromatic heterocycles.